The molecule has 0 spiro atoms. The molecule has 0 unspecified atom stereocenters. The van der Waals surface area contributed by atoms with Gasteiger partial charge in [0.05, 0.1) is 13.0 Å². The van der Waals surface area contributed by atoms with E-state index in [2.05, 4.69) is 9.91 Å². The van der Waals surface area contributed by atoms with E-state index in [0.29, 0.717) is 0 Å². The number of esters is 1. The van der Waals surface area contributed by atoms with Crippen LogP contribution in [0.4, 0.5) is 0 Å². The third kappa shape index (κ3) is 1.84. The maximum Gasteiger partial charge on any atom is 0.311 e. The summed E-state index contributed by atoms with van der Waals surface area (Å²) >= 11 is 0. The first-order chi connectivity index (χ1) is 6.61. The first-order valence-corrected chi connectivity index (χ1v) is 4.70. The first kappa shape index (κ1) is 10.9. The van der Waals surface area contributed by atoms with Gasteiger partial charge in [-0.05, 0) is 5.92 Å². The van der Waals surface area contributed by atoms with Gasteiger partial charge < -0.3 is 4.74 Å². The maximum absolute atomic E-state index is 11.4. The number of rotatable bonds is 2. The van der Waals surface area contributed by atoms with Crippen LogP contribution < -0.4 is 0 Å². The van der Waals surface area contributed by atoms with E-state index < -0.39 is 12.0 Å². The predicted octanol–water partition coefficient (Wildman–Crippen LogP) is 1.75. The molecule has 1 aliphatic rings. The molecule has 0 bridgehead atoms. The fourth-order valence-electron chi connectivity index (χ4n) is 1.87. The number of nitroso groups, excluding NO2 is 1. The fraction of sp³-hybridized carbons (Fsp3) is 0.700. The summed E-state index contributed by atoms with van der Waals surface area (Å²) < 4.78 is 4.67. The summed E-state index contributed by atoms with van der Waals surface area (Å²) in [6.45, 7) is 3.77. The SMILES string of the molecule is COC(=O)[C@H]1[C@@H](N=O)[C@@H](C)C=C[C@H]1C. The Balaban J connectivity index is 2.93. The van der Waals surface area contributed by atoms with E-state index in [4.69, 9.17) is 0 Å². The highest BCUT2D eigenvalue weighted by atomic mass is 16.5. The van der Waals surface area contributed by atoms with Gasteiger partial charge in [0, 0.05) is 5.92 Å². The van der Waals surface area contributed by atoms with Crippen LogP contribution in [0.5, 0.6) is 0 Å². The second kappa shape index (κ2) is 4.35. The molecule has 0 aromatic carbocycles. The van der Waals surface area contributed by atoms with Crippen molar-refractivity contribution < 1.29 is 9.53 Å². The zero-order chi connectivity index (χ0) is 10.7. The Kier molecular flexibility index (Phi) is 3.38. The first-order valence-electron chi connectivity index (χ1n) is 4.70. The quantitative estimate of drug-likeness (QED) is 0.385. The molecule has 0 aromatic rings. The lowest BCUT2D eigenvalue weighted by atomic mass is 9.77. The molecule has 0 fully saturated rings. The highest BCUT2D eigenvalue weighted by Crippen LogP contribution is 2.31. The van der Waals surface area contributed by atoms with Crippen LogP contribution in [0, 0.1) is 22.7 Å². The van der Waals surface area contributed by atoms with Crippen molar-refractivity contribution in [3.63, 3.8) is 0 Å². The third-order valence-corrected chi connectivity index (χ3v) is 2.79. The van der Waals surface area contributed by atoms with Crippen molar-refractivity contribution in [2.24, 2.45) is 22.9 Å². The molecule has 4 heteroatoms. The van der Waals surface area contributed by atoms with Crippen molar-refractivity contribution in [3.8, 4) is 0 Å². The average Bonchev–Trinajstić information content (AvgIpc) is 2.19. The van der Waals surface area contributed by atoms with Gasteiger partial charge in [-0.2, -0.15) is 4.91 Å². The number of nitrogens with zero attached hydrogens (tertiary/aromatic N) is 1. The molecule has 0 saturated carbocycles. The number of methoxy groups -OCH3 is 1. The summed E-state index contributed by atoms with van der Waals surface area (Å²) in [7, 11) is 1.33. The van der Waals surface area contributed by atoms with Crippen LogP contribution in [0.2, 0.25) is 0 Å². The number of hydrogen-bond donors (Lipinski definition) is 0. The van der Waals surface area contributed by atoms with Crippen LogP contribution in [-0.2, 0) is 9.53 Å². The van der Waals surface area contributed by atoms with Crippen molar-refractivity contribution >= 4 is 5.97 Å². The monoisotopic (exact) mass is 197 g/mol. The molecule has 1 aliphatic carbocycles. The molecule has 0 heterocycles. The van der Waals surface area contributed by atoms with Crippen molar-refractivity contribution in [1.29, 1.82) is 0 Å². The zero-order valence-corrected chi connectivity index (χ0v) is 8.64. The Morgan fingerprint density at radius 2 is 1.86 bits per heavy atom. The highest BCUT2D eigenvalue weighted by Gasteiger charge is 2.39. The third-order valence-electron chi connectivity index (χ3n) is 2.79. The van der Waals surface area contributed by atoms with Gasteiger partial charge in [0.2, 0.25) is 0 Å². The van der Waals surface area contributed by atoms with Crippen LogP contribution >= 0.6 is 0 Å². The summed E-state index contributed by atoms with van der Waals surface area (Å²) in [5.74, 6) is -0.759. The summed E-state index contributed by atoms with van der Waals surface area (Å²) in [5.41, 5.74) is 0. The lowest BCUT2D eigenvalue weighted by Crippen LogP contribution is -2.38. The van der Waals surface area contributed by atoms with Gasteiger partial charge in [0.1, 0.15) is 6.04 Å². The minimum absolute atomic E-state index is 0.00722. The minimum Gasteiger partial charge on any atom is -0.469 e. The van der Waals surface area contributed by atoms with Crippen LogP contribution in [0.15, 0.2) is 17.3 Å². The Hall–Kier alpha value is -1.19. The molecule has 0 radical (unpaired) electrons. The summed E-state index contributed by atoms with van der Waals surface area (Å²) in [6, 6.07) is -0.498. The zero-order valence-electron chi connectivity index (χ0n) is 8.64. The maximum atomic E-state index is 11.4. The van der Waals surface area contributed by atoms with Gasteiger partial charge in [-0.1, -0.05) is 31.2 Å². The molecule has 0 aliphatic heterocycles. The van der Waals surface area contributed by atoms with E-state index in [1.54, 1.807) is 0 Å². The topological polar surface area (TPSA) is 55.7 Å². The van der Waals surface area contributed by atoms with E-state index in [9.17, 15) is 9.70 Å². The normalized spacial score (nSPS) is 36.5. The summed E-state index contributed by atoms with van der Waals surface area (Å²) in [5, 5.41) is 3.03. The van der Waals surface area contributed by atoms with Crippen molar-refractivity contribution in [3.05, 3.63) is 17.1 Å². The standard InChI is InChI=1S/C10H15NO3/c1-6-4-5-7(2)9(11-13)8(6)10(12)14-3/h4-9H,1-3H3/t6-,7+,8-,9+/m1/s1. The van der Waals surface area contributed by atoms with Gasteiger partial charge >= 0.3 is 5.97 Å². The average molecular weight is 197 g/mol. The molecule has 4 atom stereocenters. The van der Waals surface area contributed by atoms with Gasteiger partial charge in [0.25, 0.3) is 0 Å². The molecule has 1 rings (SSSR count). The molecular formula is C10H15NO3. The molecule has 0 N–H and O–H groups in total. The van der Waals surface area contributed by atoms with Crippen LogP contribution in [0.25, 0.3) is 0 Å². The molecule has 14 heavy (non-hydrogen) atoms. The number of ether oxygens (including phenoxy) is 1. The Bertz CT molecular complexity index is 262. The lowest BCUT2D eigenvalue weighted by Gasteiger charge is -2.30. The lowest BCUT2D eigenvalue weighted by molar-refractivity contribution is -0.148. The van der Waals surface area contributed by atoms with Gasteiger partial charge in [-0.3, -0.25) is 4.79 Å². The second-order valence-electron chi connectivity index (χ2n) is 3.75. The summed E-state index contributed by atoms with van der Waals surface area (Å²) in [6.07, 6.45) is 3.87. The van der Waals surface area contributed by atoms with E-state index in [-0.39, 0.29) is 17.8 Å². The number of allylic oxidation sites excluding steroid dienone is 1. The second-order valence-corrected chi connectivity index (χ2v) is 3.75. The van der Waals surface area contributed by atoms with Crippen LogP contribution in [0.1, 0.15) is 13.8 Å². The molecule has 78 valence electrons. The number of carbonyl (C=O) groups is 1. The van der Waals surface area contributed by atoms with Gasteiger partial charge in [-0.25, -0.2) is 0 Å². The number of carbonyl (C=O) groups excluding carboxylic acids is 1. The molecule has 4 nitrogen and oxygen atoms in total. The molecule has 0 saturated heterocycles. The van der Waals surface area contributed by atoms with E-state index in [1.165, 1.54) is 7.11 Å². The highest BCUT2D eigenvalue weighted by molar-refractivity contribution is 5.74. The largest absolute Gasteiger partial charge is 0.469 e. The Morgan fingerprint density at radius 1 is 1.29 bits per heavy atom. The van der Waals surface area contributed by atoms with Gasteiger partial charge in [-0.15, -0.1) is 0 Å². The summed E-state index contributed by atoms with van der Waals surface area (Å²) in [4.78, 5) is 22.1. The fourth-order valence-corrected chi connectivity index (χ4v) is 1.87. The Morgan fingerprint density at radius 3 is 2.36 bits per heavy atom. The Labute approximate surface area is 83.3 Å². The molecule has 0 aromatic heterocycles. The smallest absolute Gasteiger partial charge is 0.311 e. The van der Waals surface area contributed by atoms with Gasteiger partial charge in [0.15, 0.2) is 0 Å². The van der Waals surface area contributed by atoms with Crippen molar-refractivity contribution in [1.82, 2.24) is 0 Å². The van der Waals surface area contributed by atoms with Crippen molar-refractivity contribution in [2.75, 3.05) is 7.11 Å². The number of hydrogen-bond acceptors (Lipinski definition) is 4. The van der Waals surface area contributed by atoms with E-state index >= 15 is 0 Å². The van der Waals surface area contributed by atoms with Crippen molar-refractivity contribution in [2.45, 2.75) is 19.9 Å². The molecule has 0 amide bonds. The van der Waals surface area contributed by atoms with E-state index in [0.717, 1.165) is 0 Å². The molecular weight excluding hydrogens is 182 g/mol. The van der Waals surface area contributed by atoms with Crippen LogP contribution in [-0.4, -0.2) is 19.1 Å². The van der Waals surface area contributed by atoms with E-state index in [1.807, 2.05) is 26.0 Å². The minimum atomic E-state index is -0.498. The predicted molar refractivity (Wildman–Crippen MR) is 52.6 cm³/mol. The van der Waals surface area contributed by atoms with Crippen LogP contribution in [0.3, 0.4) is 0 Å².